The fraction of sp³-hybridized carbons (Fsp3) is 0.619. The lowest BCUT2D eigenvalue weighted by atomic mass is 9.77. The summed E-state index contributed by atoms with van der Waals surface area (Å²) in [5.41, 5.74) is 0.496. The van der Waals surface area contributed by atoms with Gasteiger partial charge < -0.3 is 14.8 Å². The maximum Gasteiger partial charge on any atom is 0.261 e. The van der Waals surface area contributed by atoms with Gasteiger partial charge in [0.25, 0.3) is 5.56 Å². The van der Waals surface area contributed by atoms with Crippen LogP contribution in [-0.2, 0) is 16.0 Å². The average molecular weight is 485 g/mol. The number of piperidine rings is 1. The van der Waals surface area contributed by atoms with Crippen LogP contribution in [0.15, 0.2) is 27.7 Å². The van der Waals surface area contributed by atoms with Crippen LogP contribution in [0.1, 0.15) is 32.6 Å². The molecule has 0 spiro atoms. The number of fused-ring (bicyclic) bond motifs is 1. The van der Waals surface area contributed by atoms with Gasteiger partial charge in [0.15, 0.2) is 0 Å². The van der Waals surface area contributed by atoms with Crippen molar-refractivity contribution in [1.29, 1.82) is 0 Å². The Balaban J connectivity index is 1.56. The van der Waals surface area contributed by atoms with Gasteiger partial charge in [0, 0.05) is 29.1 Å². The van der Waals surface area contributed by atoms with Crippen molar-refractivity contribution in [2.45, 2.75) is 51.3 Å². The average Bonchev–Trinajstić information content (AvgIpc) is 2.69. The fourth-order valence-electron chi connectivity index (χ4n) is 4.35. The predicted molar refractivity (Wildman–Crippen MR) is 118 cm³/mol. The van der Waals surface area contributed by atoms with Crippen molar-refractivity contribution in [1.82, 2.24) is 14.9 Å². The molecule has 0 radical (unpaired) electrons. The van der Waals surface area contributed by atoms with Crippen LogP contribution in [0, 0.1) is 5.41 Å². The minimum absolute atomic E-state index is 0.0638. The van der Waals surface area contributed by atoms with Crippen LogP contribution in [-0.4, -0.2) is 48.1 Å². The Morgan fingerprint density at radius 1 is 1.45 bits per heavy atom. The Labute approximate surface area is 184 Å². The third-order valence-electron chi connectivity index (χ3n) is 5.90. The van der Waals surface area contributed by atoms with Crippen molar-refractivity contribution >= 4 is 38.4 Å². The standard InChI is InChI=1S/C21H27BrClN3O3/c1-2-6-29-19-4-3-5-24-18(19)9-21(11-28-12-21)10-26-13-25-17-8-15(22)16(23)7-14(17)20(26)27/h7-8,13,18-19,24H,2-6,9-12H2,1H3. The second-order valence-electron chi connectivity index (χ2n) is 8.27. The Bertz CT molecular complexity index is 931. The monoisotopic (exact) mass is 483 g/mol. The number of hydrogen-bond donors (Lipinski definition) is 1. The third-order valence-corrected chi connectivity index (χ3v) is 7.10. The summed E-state index contributed by atoms with van der Waals surface area (Å²) in [6.45, 7) is 5.82. The van der Waals surface area contributed by atoms with Gasteiger partial charge in [0.1, 0.15) is 0 Å². The van der Waals surface area contributed by atoms with E-state index in [1.165, 1.54) is 0 Å². The fourth-order valence-corrected chi connectivity index (χ4v) is 4.85. The second-order valence-corrected chi connectivity index (χ2v) is 9.53. The first-order valence-electron chi connectivity index (χ1n) is 10.3. The summed E-state index contributed by atoms with van der Waals surface area (Å²) in [7, 11) is 0. The van der Waals surface area contributed by atoms with Crippen molar-refractivity contribution in [3.8, 4) is 0 Å². The zero-order chi connectivity index (χ0) is 20.4. The summed E-state index contributed by atoms with van der Waals surface area (Å²) in [6.07, 6.45) is 6.04. The van der Waals surface area contributed by atoms with Gasteiger partial charge in [-0.25, -0.2) is 4.98 Å². The van der Waals surface area contributed by atoms with E-state index < -0.39 is 0 Å². The summed E-state index contributed by atoms with van der Waals surface area (Å²) in [6, 6.07) is 3.76. The lowest BCUT2D eigenvalue weighted by Crippen LogP contribution is -2.55. The van der Waals surface area contributed by atoms with Gasteiger partial charge in [-0.15, -0.1) is 0 Å². The van der Waals surface area contributed by atoms with E-state index in [-0.39, 0.29) is 23.1 Å². The first-order chi connectivity index (χ1) is 14.0. The summed E-state index contributed by atoms with van der Waals surface area (Å²) in [5, 5.41) is 4.69. The van der Waals surface area contributed by atoms with E-state index in [0.29, 0.717) is 35.7 Å². The highest BCUT2D eigenvalue weighted by Crippen LogP contribution is 2.37. The molecule has 29 heavy (non-hydrogen) atoms. The largest absolute Gasteiger partial charge is 0.380 e. The van der Waals surface area contributed by atoms with Crippen LogP contribution in [0.4, 0.5) is 0 Å². The highest BCUT2D eigenvalue weighted by Gasteiger charge is 2.43. The molecule has 1 aromatic carbocycles. The third kappa shape index (κ3) is 4.54. The van der Waals surface area contributed by atoms with Crippen LogP contribution >= 0.6 is 27.5 Å². The zero-order valence-electron chi connectivity index (χ0n) is 16.6. The quantitative estimate of drug-likeness (QED) is 0.648. The smallest absolute Gasteiger partial charge is 0.261 e. The van der Waals surface area contributed by atoms with E-state index in [0.717, 1.165) is 43.3 Å². The van der Waals surface area contributed by atoms with E-state index in [9.17, 15) is 4.79 Å². The van der Waals surface area contributed by atoms with E-state index in [1.807, 2.05) is 0 Å². The van der Waals surface area contributed by atoms with Gasteiger partial charge in [0.05, 0.1) is 41.6 Å². The number of ether oxygens (including phenoxy) is 2. The van der Waals surface area contributed by atoms with Crippen molar-refractivity contribution in [3.05, 3.63) is 38.3 Å². The number of halogens is 2. The molecule has 6 nitrogen and oxygen atoms in total. The van der Waals surface area contributed by atoms with Crippen LogP contribution < -0.4 is 10.9 Å². The molecule has 2 aromatic rings. The highest BCUT2D eigenvalue weighted by atomic mass is 79.9. The minimum atomic E-state index is -0.0822. The van der Waals surface area contributed by atoms with Gasteiger partial charge in [-0.3, -0.25) is 9.36 Å². The molecule has 3 heterocycles. The molecule has 0 saturated carbocycles. The molecule has 1 aromatic heterocycles. The van der Waals surface area contributed by atoms with E-state index >= 15 is 0 Å². The molecule has 4 rings (SSSR count). The lowest BCUT2D eigenvalue weighted by Gasteiger charge is -2.46. The number of hydrogen-bond acceptors (Lipinski definition) is 5. The van der Waals surface area contributed by atoms with Crippen molar-refractivity contribution < 1.29 is 9.47 Å². The second kappa shape index (κ2) is 9.02. The summed E-state index contributed by atoms with van der Waals surface area (Å²) < 4.78 is 14.2. The summed E-state index contributed by atoms with van der Waals surface area (Å²) >= 11 is 9.60. The molecular weight excluding hydrogens is 458 g/mol. The van der Waals surface area contributed by atoms with Crippen LogP contribution in [0.2, 0.25) is 5.02 Å². The molecule has 2 aliphatic heterocycles. The zero-order valence-corrected chi connectivity index (χ0v) is 19.0. The molecular formula is C21H27BrClN3O3. The highest BCUT2D eigenvalue weighted by molar-refractivity contribution is 9.10. The molecule has 0 aliphatic carbocycles. The molecule has 0 bridgehead atoms. The molecule has 2 fully saturated rings. The molecule has 0 amide bonds. The summed E-state index contributed by atoms with van der Waals surface area (Å²) in [4.78, 5) is 17.6. The molecule has 158 valence electrons. The van der Waals surface area contributed by atoms with Gasteiger partial charge in [0.2, 0.25) is 0 Å². The maximum atomic E-state index is 13.1. The van der Waals surface area contributed by atoms with Crippen LogP contribution in [0.5, 0.6) is 0 Å². The molecule has 2 aliphatic rings. The lowest BCUT2D eigenvalue weighted by molar-refractivity contribution is -0.139. The Morgan fingerprint density at radius 2 is 2.28 bits per heavy atom. The van der Waals surface area contributed by atoms with Gasteiger partial charge in [-0.05, 0) is 60.3 Å². The van der Waals surface area contributed by atoms with Crippen molar-refractivity contribution in [3.63, 3.8) is 0 Å². The Morgan fingerprint density at radius 3 is 3.00 bits per heavy atom. The van der Waals surface area contributed by atoms with E-state index in [4.69, 9.17) is 21.1 Å². The van der Waals surface area contributed by atoms with Gasteiger partial charge in [-0.2, -0.15) is 0 Å². The Hall–Kier alpha value is -0.990. The van der Waals surface area contributed by atoms with Crippen molar-refractivity contribution in [2.24, 2.45) is 5.41 Å². The number of rotatable bonds is 7. The number of benzene rings is 1. The maximum absolute atomic E-state index is 13.1. The topological polar surface area (TPSA) is 65.4 Å². The number of aromatic nitrogens is 2. The number of nitrogens with zero attached hydrogens (tertiary/aromatic N) is 2. The van der Waals surface area contributed by atoms with Crippen LogP contribution in [0.25, 0.3) is 10.9 Å². The van der Waals surface area contributed by atoms with Gasteiger partial charge in [-0.1, -0.05) is 18.5 Å². The SMILES string of the molecule is CCCOC1CCCNC1CC1(Cn2cnc3cc(Br)c(Cl)cc3c2=O)COC1. The molecule has 8 heteroatoms. The first-order valence-corrected chi connectivity index (χ1v) is 11.5. The predicted octanol–water partition coefficient (Wildman–Crippen LogP) is 3.77. The van der Waals surface area contributed by atoms with Crippen LogP contribution in [0.3, 0.4) is 0 Å². The Kier molecular flexibility index (Phi) is 6.61. The molecule has 2 atom stereocenters. The number of nitrogens with one attached hydrogen (secondary N) is 1. The normalized spacial score (nSPS) is 23.8. The van der Waals surface area contributed by atoms with E-state index in [1.54, 1.807) is 23.0 Å². The molecule has 2 unspecified atom stereocenters. The molecule has 1 N–H and O–H groups in total. The molecule has 2 saturated heterocycles. The summed E-state index contributed by atoms with van der Waals surface area (Å²) in [5.74, 6) is 0. The first kappa shape index (κ1) is 21.2. The van der Waals surface area contributed by atoms with Gasteiger partial charge >= 0.3 is 0 Å². The minimum Gasteiger partial charge on any atom is -0.380 e. The van der Waals surface area contributed by atoms with E-state index in [2.05, 4.69) is 33.2 Å². The van der Waals surface area contributed by atoms with Crippen molar-refractivity contribution in [2.75, 3.05) is 26.4 Å².